The van der Waals surface area contributed by atoms with Crippen molar-refractivity contribution in [3.8, 4) is 0 Å². The van der Waals surface area contributed by atoms with Gasteiger partial charge in [-0.1, -0.05) is 0 Å². The zero-order valence-electron chi connectivity index (χ0n) is 8.41. The van der Waals surface area contributed by atoms with E-state index in [-0.39, 0.29) is 13.0 Å². The first-order valence-corrected chi connectivity index (χ1v) is 4.79. The average molecular weight is 220 g/mol. The number of hydrogen-bond donors (Lipinski definition) is 4. The molecule has 6 nitrogen and oxygen atoms in total. The van der Waals surface area contributed by atoms with Crippen LogP contribution in [-0.4, -0.2) is 57.4 Å². The van der Waals surface area contributed by atoms with Crippen LogP contribution in [0.15, 0.2) is 0 Å². The normalized spacial score (nSPS) is 41.3. The van der Waals surface area contributed by atoms with E-state index in [4.69, 9.17) is 0 Å². The molecule has 1 saturated carbocycles. The summed E-state index contributed by atoms with van der Waals surface area (Å²) in [6, 6.07) is 0. The van der Waals surface area contributed by atoms with Gasteiger partial charge in [-0.15, -0.1) is 0 Å². The fraction of sp³-hybridized carbons (Fsp3) is 0.889. The first-order valence-electron chi connectivity index (χ1n) is 4.79. The van der Waals surface area contributed by atoms with Gasteiger partial charge in [-0.3, -0.25) is 4.79 Å². The van der Waals surface area contributed by atoms with Crippen LogP contribution in [0.2, 0.25) is 0 Å². The van der Waals surface area contributed by atoms with E-state index in [1.165, 1.54) is 6.92 Å². The quantitative estimate of drug-likeness (QED) is 0.401. The molecule has 0 radical (unpaired) electrons. The van der Waals surface area contributed by atoms with Gasteiger partial charge in [-0.2, -0.15) is 0 Å². The lowest BCUT2D eigenvalue weighted by Gasteiger charge is -2.37. The van der Waals surface area contributed by atoms with Crippen molar-refractivity contribution in [3.05, 3.63) is 0 Å². The molecule has 1 fully saturated rings. The molecule has 5 atom stereocenters. The molecule has 0 aromatic carbocycles. The minimum atomic E-state index is -1.41. The molecule has 0 saturated heterocycles. The third-order valence-corrected chi connectivity index (χ3v) is 2.62. The maximum absolute atomic E-state index is 10.5. The SMILES string of the molecule is CC(=O)OCC1CC(O)C(O)C(O)C1O. The Balaban J connectivity index is 2.54. The van der Waals surface area contributed by atoms with Gasteiger partial charge in [-0.05, 0) is 6.42 Å². The van der Waals surface area contributed by atoms with Gasteiger partial charge >= 0.3 is 5.97 Å². The van der Waals surface area contributed by atoms with Crippen molar-refractivity contribution in [3.63, 3.8) is 0 Å². The molecular weight excluding hydrogens is 204 g/mol. The molecule has 4 N–H and O–H groups in total. The van der Waals surface area contributed by atoms with Crippen LogP contribution in [0.3, 0.4) is 0 Å². The minimum Gasteiger partial charge on any atom is -0.465 e. The Bertz CT molecular complexity index is 231. The van der Waals surface area contributed by atoms with Crippen LogP contribution in [0, 0.1) is 5.92 Å². The van der Waals surface area contributed by atoms with Gasteiger partial charge in [0.15, 0.2) is 0 Å². The summed E-state index contributed by atoms with van der Waals surface area (Å²) in [5.74, 6) is -1.04. The van der Waals surface area contributed by atoms with Gasteiger partial charge < -0.3 is 25.2 Å². The maximum atomic E-state index is 10.5. The Morgan fingerprint density at radius 3 is 2.33 bits per heavy atom. The molecule has 0 spiro atoms. The Labute approximate surface area is 87.1 Å². The van der Waals surface area contributed by atoms with E-state index in [1.807, 2.05) is 0 Å². The van der Waals surface area contributed by atoms with E-state index in [9.17, 15) is 25.2 Å². The summed E-state index contributed by atoms with van der Waals surface area (Å²) in [7, 11) is 0. The van der Waals surface area contributed by atoms with Gasteiger partial charge in [0.2, 0.25) is 0 Å². The molecule has 0 aromatic rings. The lowest BCUT2D eigenvalue weighted by Crippen LogP contribution is -2.54. The van der Waals surface area contributed by atoms with Crippen LogP contribution in [0.4, 0.5) is 0 Å². The molecule has 5 unspecified atom stereocenters. The largest absolute Gasteiger partial charge is 0.465 e. The highest BCUT2D eigenvalue weighted by atomic mass is 16.5. The fourth-order valence-corrected chi connectivity index (χ4v) is 1.69. The molecule has 0 aromatic heterocycles. The molecule has 6 heteroatoms. The van der Waals surface area contributed by atoms with Gasteiger partial charge in [0, 0.05) is 12.8 Å². The Kier molecular flexibility index (Phi) is 4.04. The fourth-order valence-electron chi connectivity index (χ4n) is 1.69. The summed E-state index contributed by atoms with van der Waals surface area (Å²) < 4.78 is 4.68. The van der Waals surface area contributed by atoms with Crippen molar-refractivity contribution >= 4 is 5.97 Å². The van der Waals surface area contributed by atoms with Gasteiger partial charge in [0.05, 0.1) is 18.8 Å². The second-order valence-electron chi connectivity index (χ2n) is 3.84. The lowest BCUT2D eigenvalue weighted by molar-refractivity contribution is -0.171. The predicted molar refractivity (Wildman–Crippen MR) is 48.8 cm³/mol. The van der Waals surface area contributed by atoms with Crippen LogP contribution in [0.5, 0.6) is 0 Å². The second-order valence-corrected chi connectivity index (χ2v) is 3.84. The molecule has 15 heavy (non-hydrogen) atoms. The highest BCUT2D eigenvalue weighted by molar-refractivity contribution is 5.65. The molecule has 0 amide bonds. The molecule has 88 valence electrons. The van der Waals surface area contributed by atoms with Crippen molar-refractivity contribution in [2.75, 3.05) is 6.61 Å². The van der Waals surface area contributed by atoms with Crippen molar-refractivity contribution in [1.82, 2.24) is 0 Å². The molecule has 0 heterocycles. The van der Waals surface area contributed by atoms with Crippen LogP contribution >= 0.6 is 0 Å². The first kappa shape index (κ1) is 12.4. The average Bonchev–Trinajstić information content (AvgIpc) is 2.18. The maximum Gasteiger partial charge on any atom is 0.302 e. The van der Waals surface area contributed by atoms with Crippen LogP contribution in [0.1, 0.15) is 13.3 Å². The number of carbonyl (C=O) groups excluding carboxylic acids is 1. The van der Waals surface area contributed by atoms with E-state index >= 15 is 0 Å². The van der Waals surface area contributed by atoms with Crippen LogP contribution in [0.25, 0.3) is 0 Å². The first-order chi connectivity index (χ1) is 6.93. The Morgan fingerprint density at radius 2 is 1.80 bits per heavy atom. The van der Waals surface area contributed by atoms with Crippen molar-refractivity contribution in [2.45, 2.75) is 37.8 Å². The predicted octanol–water partition coefficient (Wildman–Crippen LogP) is -1.99. The second kappa shape index (κ2) is 4.89. The number of ether oxygens (including phenoxy) is 1. The lowest BCUT2D eigenvalue weighted by atomic mass is 9.81. The standard InChI is InChI=1S/C9H16O6/c1-4(10)15-3-5-2-6(11)8(13)9(14)7(5)12/h5-9,11-14H,2-3H2,1H3. The molecule has 1 aliphatic rings. The summed E-state index contributed by atoms with van der Waals surface area (Å²) in [5.41, 5.74) is 0. The zero-order valence-corrected chi connectivity index (χ0v) is 8.41. The number of aliphatic hydroxyl groups is 4. The van der Waals surface area contributed by atoms with Crippen LogP contribution in [-0.2, 0) is 9.53 Å². The third-order valence-electron chi connectivity index (χ3n) is 2.62. The molecule has 0 bridgehead atoms. The van der Waals surface area contributed by atoms with E-state index in [0.29, 0.717) is 0 Å². The monoisotopic (exact) mass is 220 g/mol. The Hall–Kier alpha value is -0.690. The summed E-state index contributed by atoms with van der Waals surface area (Å²) in [6.07, 6.45) is -4.97. The highest BCUT2D eigenvalue weighted by Gasteiger charge is 2.42. The number of esters is 1. The summed E-state index contributed by atoms with van der Waals surface area (Å²) in [4.78, 5) is 10.5. The zero-order chi connectivity index (χ0) is 11.6. The number of carbonyl (C=O) groups is 1. The topological polar surface area (TPSA) is 107 Å². The van der Waals surface area contributed by atoms with E-state index in [1.54, 1.807) is 0 Å². The van der Waals surface area contributed by atoms with E-state index in [2.05, 4.69) is 4.74 Å². The van der Waals surface area contributed by atoms with Crippen molar-refractivity contribution in [2.24, 2.45) is 5.92 Å². The summed E-state index contributed by atoms with van der Waals surface area (Å²) >= 11 is 0. The van der Waals surface area contributed by atoms with Gasteiger partial charge in [-0.25, -0.2) is 0 Å². The van der Waals surface area contributed by atoms with E-state index in [0.717, 1.165) is 0 Å². The number of hydrogen-bond acceptors (Lipinski definition) is 6. The number of rotatable bonds is 2. The van der Waals surface area contributed by atoms with E-state index < -0.39 is 36.3 Å². The minimum absolute atomic E-state index is 0.0721. The third kappa shape index (κ3) is 2.88. The van der Waals surface area contributed by atoms with Crippen molar-refractivity contribution in [1.29, 1.82) is 0 Å². The summed E-state index contributed by atoms with van der Waals surface area (Å²) in [6.45, 7) is 1.16. The highest BCUT2D eigenvalue weighted by Crippen LogP contribution is 2.26. The molecule has 1 aliphatic carbocycles. The van der Waals surface area contributed by atoms with Gasteiger partial charge in [0.25, 0.3) is 0 Å². The molecule has 1 rings (SSSR count). The Morgan fingerprint density at radius 1 is 1.20 bits per heavy atom. The van der Waals surface area contributed by atoms with Crippen LogP contribution < -0.4 is 0 Å². The smallest absolute Gasteiger partial charge is 0.302 e. The van der Waals surface area contributed by atoms with Crippen molar-refractivity contribution < 1.29 is 30.0 Å². The summed E-state index contributed by atoms with van der Waals surface area (Å²) in [5, 5.41) is 37.5. The number of aliphatic hydroxyl groups excluding tert-OH is 4. The molecular formula is C9H16O6. The molecule has 0 aliphatic heterocycles. The van der Waals surface area contributed by atoms with Gasteiger partial charge in [0.1, 0.15) is 12.2 Å².